The first-order valence-corrected chi connectivity index (χ1v) is 11.4. The van der Waals surface area contributed by atoms with Crippen molar-refractivity contribution >= 4 is 14.5 Å². The minimum absolute atomic E-state index is 0.806. The summed E-state index contributed by atoms with van der Waals surface area (Å²) in [5.41, 5.74) is 4.22. The van der Waals surface area contributed by atoms with Crippen molar-refractivity contribution in [3.8, 4) is 45.3 Å². The monoisotopic (exact) mass is 446 g/mol. The molecule has 0 bridgehead atoms. The number of hydrogen-bond donors (Lipinski definition) is 0. The summed E-state index contributed by atoms with van der Waals surface area (Å²) < 4.78 is 12.6. The molecule has 0 spiro atoms. The Bertz CT molecular complexity index is 1360. The van der Waals surface area contributed by atoms with Gasteiger partial charge in [-0.05, 0) is 47.3 Å². The van der Waals surface area contributed by atoms with Gasteiger partial charge in [0, 0.05) is 16.7 Å². The molecule has 0 saturated carbocycles. The van der Waals surface area contributed by atoms with Gasteiger partial charge in [0.1, 0.15) is 23.0 Å². The highest BCUT2D eigenvalue weighted by Crippen LogP contribution is 2.42. The van der Waals surface area contributed by atoms with Crippen LogP contribution in [0, 0.1) is 0 Å². The largest absolute Gasteiger partial charge is 0.457 e. The van der Waals surface area contributed by atoms with Crippen LogP contribution in [0.4, 0.5) is 0 Å². The van der Waals surface area contributed by atoms with E-state index in [0.717, 1.165) is 50.6 Å². The number of rotatable bonds is 6. The topological polar surface area (TPSA) is 18.5 Å². The Morgan fingerprint density at radius 2 is 0.848 bits per heavy atom. The van der Waals surface area contributed by atoms with Crippen LogP contribution in [0.15, 0.2) is 127 Å². The molecule has 0 amide bonds. The average Bonchev–Trinajstić information content (AvgIpc) is 2.86. The first-order valence-electron chi connectivity index (χ1n) is 10.8. The van der Waals surface area contributed by atoms with Crippen molar-refractivity contribution in [1.82, 2.24) is 0 Å². The van der Waals surface area contributed by atoms with E-state index >= 15 is 0 Å². The van der Waals surface area contributed by atoms with E-state index in [0.29, 0.717) is 0 Å². The Balaban J connectivity index is 1.63. The first-order chi connectivity index (χ1) is 16.3. The molecule has 5 aromatic rings. The fourth-order valence-corrected chi connectivity index (χ4v) is 4.29. The van der Waals surface area contributed by atoms with Crippen LogP contribution >= 0.6 is 9.24 Å². The van der Waals surface area contributed by atoms with E-state index < -0.39 is 0 Å². The van der Waals surface area contributed by atoms with Crippen LogP contribution in [0.2, 0.25) is 0 Å². The molecule has 5 aromatic carbocycles. The summed E-state index contributed by atoms with van der Waals surface area (Å²) in [7, 11) is 2.87. The Labute approximate surface area is 196 Å². The quantitative estimate of drug-likeness (QED) is 0.245. The van der Waals surface area contributed by atoms with Gasteiger partial charge in [-0.3, -0.25) is 0 Å². The van der Waals surface area contributed by atoms with Gasteiger partial charge in [-0.25, -0.2) is 0 Å². The van der Waals surface area contributed by atoms with E-state index in [1.807, 2.05) is 97.1 Å². The van der Waals surface area contributed by atoms with Crippen molar-refractivity contribution < 1.29 is 9.47 Å². The van der Waals surface area contributed by atoms with E-state index in [9.17, 15) is 0 Å². The lowest BCUT2D eigenvalue weighted by atomic mass is 9.93. The van der Waals surface area contributed by atoms with Crippen molar-refractivity contribution in [2.75, 3.05) is 0 Å². The lowest BCUT2D eigenvalue weighted by molar-refractivity contribution is 0.483. The van der Waals surface area contributed by atoms with Crippen LogP contribution in [0.1, 0.15) is 0 Å². The zero-order valence-corrected chi connectivity index (χ0v) is 19.2. The summed E-state index contributed by atoms with van der Waals surface area (Å²) in [6.07, 6.45) is 0. The summed E-state index contributed by atoms with van der Waals surface area (Å²) in [5.74, 6) is 3.23. The molecular formula is C30H23O2P. The Hall–Kier alpha value is -3.87. The second-order valence-corrected chi connectivity index (χ2v) is 8.21. The van der Waals surface area contributed by atoms with Gasteiger partial charge in [-0.2, -0.15) is 0 Å². The standard InChI is InChI=1S/C30H23O2P/c33-29-21-11-18-25(24-16-7-9-19-27(24)31-22-12-3-1-4-13-22)30(29)26-17-8-10-20-28(26)32-23-14-5-2-6-15-23/h1-21H,33H2. The summed E-state index contributed by atoms with van der Waals surface area (Å²) >= 11 is 0. The van der Waals surface area contributed by atoms with Crippen molar-refractivity contribution in [1.29, 1.82) is 0 Å². The normalized spacial score (nSPS) is 10.6. The zero-order valence-electron chi connectivity index (χ0n) is 18.0. The molecule has 3 heteroatoms. The van der Waals surface area contributed by atoms with E-state index in [-0.39, 0.29) is 0 Å². The third-order valence-corrected chi connectivity index (χ3v) is 5.85. The maximum atomic E-state index is 6.30. The highest BCUT2D eigenvalue weighted by Gasteiger charge is 2.17. The predicted molar refractivity (Wildman–Crippen MR) is 140 cm³/mol. The van der Waals surface area contributed by atoms with Crippen LogP contribution in [0.25, 0.3) is 22.3 Å². The fraction of sp³-hybridized carbons (Fsp3) is 0. The zero-order chi connectivity index (χ0) is 22.5. The molecule has 2 nitrogen and oxygen atoms in total. The minimum atomic E-state index is 0.806. The van der Waals surface area contributed by atoms with Gasteiger partial charge in [0.15, 0.2) is 0 Å². The SMILES string of the molecule is Pc1cccc(-c2ccccc2Oc2ccccc2)c1-c1ccccc1Oc1ccccc1. The van der Waals surface area contributed by atoms with E-state index in [1.165, 1.54) is 0 Å². The summed E-state index contributed by atoms with van der Waals surface area (Å²) in [6, 6.07) is 42.3. The van der Waals surface area contributed by atoms with E-state index in [4.69, 9.17) is 9.47 Å². The number of para-hydroxylation sites is 4. The number of ether oxygens (including phenoxy) is 2. The molecular weight excluding hydrogens is 423 g/mol. The fourth-order valence-electron chi connectivity index (χ4n) is 3.87. The molecule has 0 aliphatic heterocycles. The third-order valence-electron chi connectivity index (χ3n) is 5.37. The van der Waals surface area contributed by atoms with Crippen molar-refractivity contribution in [3.63, 3.8) is 0 Å². The summed E-state index contributed by atoms with van der Waals surface area (Å²) in [4.78, 5) is 0. The molecule has 1 unspecified atom stereocenters. The van der Waals surface area contributed by atoms with Gasteiger partial charge in [0.2, 0.25) is 0 Å². The highest BCUT2D eigenvalue weighted by molar-refractivity contribution is 7.28. The van der Waals surface area contributed by atoms with Gasteiger partial charge < -0.3 is 9.47 Å². The molecule has 0 fully saturated rings. The van der Waals surface area contributed by atoms with Crippen LogP contribution in [0.3, 0.4) is 0 Å². The molecule has 5 rings (SSSR count). The number of benzene rings is 5. The summed E-state index contributed by atoms with van der Waals surface area (Å²) in [5, 5.41) is 1.09. The van der Waals surface area contributed by atoms with Crippen LogP contribution in [0.5, 0.6) is 23.0 Å². The number of hydrogen-bond acceptors (Lipinski definition) is 2. The van der Waals surface area contributed by atoms with Gasteiger partial charge in [0.05, 0.1) is 0 Å². The van der Waals surface area contributed by atoms with Gasteiger partial charge in [-0.1, -0.05) is 91.0 Å². The Morgan fingerprint density at radius 3 is 1.45 bits per heavy atom. The van der Waals surface area contributed by atoms with Crippen molar-refractivity contribution in [2.45, 2.75) is 0 Å². The second-order valence-electron chi connectivity index (χ2n) is 7.59. The lowest BCUT2D eigenvalue weighted by Gasteiger charge is -2.19. The molecule has 0 aliphatic rings. The molecule has 0 radical (unpaired) electrons. The smallest absolute Gasteiger partial charge is 0.135 e. The van der Waals surface area contributed by atoms with Gasteiger partial charge in [0.25, 0.3) is 0 Å². The average molecular weight is 446 g/mol. The molecule has 0 aliphatic carbocycles. The van der Waals surface area contributed by atoms with Crippen LogP contribution < -0.4 is 14.8 Å². The molecule has 0 aromatic heterocycles. The van der Waals surface area contributed by atoms with Gasteiger partial charge in [-0.15, -0.1) is 9.24 Å². The Kier molecular flexibility index (Phi) is 6.19. The Morgan fingerprint density at radius 1 is 0.394 bits per heavy atom. The molecule has 0 heterocycles. The van der Waals surface area contributed by atoms with Crippen molar-refractivity contribution in [3.05, 3.63) is 127 Å². The molecule has 1 atom stereocenters. The maximum absolute atomic E-state index is 6.30. The van der Waals surface area contributed by atoms with Crippen molar-refractivity contribution in [2.24, 2.45) is 0 Å². The third kappa shape index (κ3) is 4.67. The molecule has 0 saturated heterocycles. The van der Waals surface area contributed by atoms with Gasteiger partial charge >= 0.3 is 0 Å². The van der Waals surface area contributed by atoms with Crippen LogP contribution in [-0.2, 0) is 0 Å². The van der Waals surface area contributed by atoms with Crippen LogP contribution in [-0.4, -0.2) is 0 Å². The predicted octanol–water partition coefficient (Wildman–Crippen LogP) is 8.11. The molecule has 160 valence electrons. The first kappa shape index (κ1) is 21.0. The van der Waals surface area contributed by atoms with E-state index in [1.54, 1.807) is 0 Å². The summed E-state index contributed by atoms with van der Waals surface area (Å²) in [6.45, 7) is 0. The maximum Gasteiger partial charge on any atom is 0.135 e. The molecule has 0 N–H and O–H groups in total. The minimum Gasteiger partial charge on any atom is -0.457 e. The second kappa shape index (κ2) is 9.73. The highest BCUT2D eigenvalue weighted by atomic mass is 31.0. The lowest BCUT2D eigenvalue weighted by Crippen LogP contribution is -2.02. The molecule has 33 heavy (non-hydrogen) atoms. The van der Waals surface area contributed by atoms with E-state index in [2.05, 4.69) is 39.6 Å².